The van der Waals surface area contributed by atoms with Gasteiger partial charge in [0.05, 0.1) is 0 Å². The smallest absolute Gasteiger partial charge is 0.373 e. The van der Waals surface area contributed by atoms with Crippen LogP contribution in [0.25, 0.3) is 0 Å². The van der Waals surface area contributed by atoms with Gasteiger partial charge in [-0.1, -0.05) is 18.2 Å². The number of likely N-dealkylation sites (N-methyl/N-ethyl adjacent to an activating group) is 1. The number of halogens is 3. The van der Waals surface area contributed by atoms with Crippen molar-refractivity contribution in [3.8, 4) is 0 Å². The average Bonchev–Trinajstić information content (AvgIpc) is 1.92. The fourth-order valence-corrected chi connectivity index (χ4v) is 0.995. The van der Waals surface area contributed by atoms with Gasteiger partial charge >= 0.3 is 6.18 Å². The van der Waals surface area contributed by atoms with Gasteiger partial charge < -0.3 is 4.90 Å². The first kappa shape index (κ1) is 9.22. The second-order valence-corrected chi connectivity index (χ2v) is 2.57. The van der Waals surface area contributed by atoms with E-state index in [1.165, 1.54) is 19.2 Å². The van der Waals surface area contributed by atoms with Crippen LogP contribution in [0.1, 0.15) is 0 Å². The zero-order valence-electron chi connectivity index (χ0n) is 6.47. The summed E-state index contributed by atoms with van der Waals surface area (Å²) >= 11 is 0. The Bertz CT molecular complexity index is 231. The number of alkyl halides is 3. The maximum absolute atomic E-state index is 12.2. The molecule has 64 valence electrons. The molecule has 5 heteroatoms. The molecule has 0 aromatic rings. The van der Waals surface area contributed by atoms with Crippen molar-refractivity contribution < 1.29 is 13.2 Å². The van der Waals surface area contributed by atoms with E-state index in [-0.39, 0.29) is 5.60 Å². The molecule has 1 unspecified atom stereocenters. The molecule has 0 amide bonds. The Hall–Kier alpha value is -0.865. The Balaban J connectivity index is 2.84. The van der Waals surface area contributed by atoms with E-state index in [2.05, 4.69) is 0 Å². The van der Waals surface area contributed by atoms with Crippen LogP contribution < -0.4 is 0 Å². The third kappa shape index (κ3) is 1.65. The largest absolute Gasteiger partial charge is 0.412 e. The molecule has 0 bridgehead atoms. The lowest BCUT2D eigenvalue weighted by Gasteiger charge is -2.32. The third-order valence-corrected chi connectivity index (χ3v) is 1.72. The molecule has 0 aliphatic carbocycles. The molecule has 1 aliphatic rings. The van der Waals surface area contributed by atoms with Crippen LogP contribution in [0, 0.1) is 0 Å². The molecule has 1 heterocycles. The molecule has 1 rings (SSSR count). The highest BCUT2D eigenvalue weighted by molar-refractivity contribution is 6.21. The van der Waals surface area contributed by atoms with E-state index in [9.17, 15) is 13.2 Å². The summed E-state index contributed by atoms with van der Waals surface area (Å²) in [5, 5.41) is 0. The first-order valence-corrected chi connectivity index (χ1v) is 3.36. The van der Waals surface area contributed by atoms with Gasteiger partial charge in [-0.05, 0) is 5.60 Å². The number of hydrogen-bond acceptors (Lipinski definition) is 1. The summed E-state index contributed by atoms with van der Waals surface area (Å²) in [6.07, 6.45) is -0.448. The Morgan fingerprint density at radius 3 is 2.50 bits per heavy atom. The van der Waals surface area contributed by atoms with Crippen LogP contribution in [0.3, 0.4) is 0 Å². The Morgan fingerprint density at radius 2 is 2.08 bits per heavy atom. The molecule has 0 fully saturated rings. The lowest BCUT2D eigenvalue weighted by Crippen LogP contribution is -2.42. The number of nitrogens with zero attached hydrogens (tertiary/aromatic N) is 1. The maximum atomic E-state index is 12.2. The summed E-state index contributed by atoms with van der Waals surface area (Å²) in [7, 11) is 6.61. The van der Waals surface area contributed by atoms with E-state index in [4.69, 9.17) is 7.85 Å². The Labute approximate surface area is 70.0 Å². The zero-order chi connectivity index (χ0) is 9.35. The second-order valence-electron chi connectivity index (χ2n) is 2.57. The second kappa shape index (κ2) is 2.88. The fraction of sp³-hybridized carbons (Fsp3) is 0.429. The highest BCUT2D eigenvalue weighted by atomic mass is 19.4. The van der Waals surface area contributed by atoms with E-state index in [0.717, 1.165) is 11.0 Å². The predicted molar refractivity (Wildman–Crippen MR) is 40.6 cm³/mol. The minimum atomic E-state index is -4.26. The van der Waals surface area contributed by atoms with E-state index in [0.29, 0.717) is 0 Å². The van der Waals surface area contributed by atoms with Gasteiger partial charge in [0, 0.05) is 7.05 Å². The lowest BCUT2D eigenvalue weighted by atomic mass is 9.97. The molecule has 2 radical (unpaired) electrons. The first-order chi connectivity index (χ1) is 5.43. The van der Waals surface area contributed by atoms with Crippen LogP contribution in [0.15, 0.2) is 23.8 Å². The number of hydrogen-bond donors (Lipinski definition) is 0. The van der Waals surface area contributed by atoms with Gasteiger partial charge in [-0.2, -0.15) is 13.2 Å². The molecule has 1 nitrogen and oxygen atoms in total. The molecule has 0 spiro atoms. The summed E-state index contributed by atoms with van der Waals surface area (Å²) in [5.74, 6) is 0. The van der Waals surface area contributed by atoms with Gasteiger partial charge in [0.2, 0.25) is 0 Å². The predicted octanol–water partition coefficient (Wildman–Crippen LogP) is 1.43. The van der Waals surface area contributed by atoms with Crippen molar-refractivity contribution in [3.63, 3.8) is 0 Å². The quantitative estimate of drug-likeness (QED) is 0.500. The van der Waals surface area contributed by atoms with Crippen molar-refractivity contribution in [1.82, 2.24) is 4.90 Å². The monoisotopic (exact) mass is 173 g/mol. The minimum absolute atomic E-state index is 0.125. The fourth-order valence-electron chi connectivity index (χ4n) is 0.995. The number of rotatable bonds is 0. The molecule has 12 heavy (non-hydrogen) atoms. The molecule has 0 aromatic heterocycles. The van der Waals surface area contributed by atoms with Crippen LogP contribution in [-0.2, 0) is 0 Å². The molecule has 0 saturated carbocycles. The van der Waals surface area contributed by atoms with E-state index >= 15 is 0 Å². The van der Waals surface area contributed by atoms with Crippen molar-refractivity contribution in [2.45, 2.75) is 12.2 Å². The highest BCUT2D eigenvalue weighted by Crippen LogP contribution is 2.28. The Kier molecular flexibility index (Phi) is 2.21. The van der Waals surface area contributed by atoms with Crippen molar-refractivity contribution >= 4 is 7.85 Å². The van der Waals surface area contributed by atoms with Crippen LogP contribution in [0.5, 0.6) is 0 Å². The average molecular weight is 173 g/mol. The molecular formula is C7H7BF3N. The number of allylic oxidation sites excluding steroid dienone is 2. The van der Waals surface area contributed by atoms with Crippen molar-refractivity contribution in [2.24, 2.45) is 0 Å². The minimum Gasteiger partial charge on any atom is -0.373 e. The van der Waals surface area contributed by atoms with Crippen molar-refractivity contribution in [1.29, 1.82) is 0 Å². The van der Waals surface area contributed by atoms with Gasteiger partial charge in [-0.15, -0.1) is 0 Å². The molecule has 1 atom stereocenters. The van der Waals surface area contributed by atoms with Crippen molar-refractivity contribution in [3.05, 3.63) is 23.8 Å². The molecule has 0 saturated heterocycles. The summed E-state index contributed by atoms with van der Waals surface area (Å²) in [6.45, 7) is 0. The van der Waals surface area contributed by atoms with Gasteiger partial charge in [0.25, 0.3) is 0 Å². The Morgan fingerprint density at radius 1 is 1.50 bits per heavy atom. The van der Waals surface area contributed by atoms with Crippen LogP contribution >= 0.6 is 0 Å². The van der Waals surface area contributed by atoms with Crippen molar-refractivity contribution in [2.75, 3.05) is 7.05 Å². The highest BCUT2D eigenvalue weighted by Gasteiger charge is 2.41. The molecular weight excluding hydrogens is 166 g/mol. The van der Waals surface area contributed by atoms with E-state index in [1.807, 2.05) is 0 Å². The molecule has 0 N–H and O–H groups in total. The third-order valence-electron chi connectivity index (χ3n) is 1.72. The van der Waals surface area contributed by atoms with Gasteiger partial charge in [0.1, 0.15) is 13.9 Å². The topological polar surface area (TPSA) is 3.24 Å². The summed E-state index contributed by atoms with van der Waals surface area (Å²) in [6, 6.07) is -1.59. The van der Waals surface area contributed by atoms with E-state index in [1.54, 1.807) is 0 Å². The van der Waals surface area contributed by atoms with Gasteiger partial charge in [-0.3, -0.25) is 0 Å². The standard InChI is InChI=1S/C7H7BF3N/c1-12-5(7(9,10)11)3-2-4-6(12)8/h2-5H,1H3. The van der Waals surface area contributed by atoms with Gasteiger partial charge in [0.15, 0.2) is 0 Å². The van der Waals surface area contributed by atoms with Crippen LogP contribution in [0.2, 0.25) is 0 Å². The summed E-state index contributed by atoms with van der Waals surface area (Å²) in [5.41, 5.74) is 0.125. The maximum Gasteiger partial charge on any atom is 0.412 e. The van der Waals surface area contributed by atoms with Crippen LogP contribution in [0.4, 0.5) is 13.2 Å². The lowest BCUT2D eigenvalue weighted by molar-refractivity contribution is -0.162. The SMILES string of the molecule is [B]C1=CC=CC(C(F)(F)F)N1C. The first-order valence-electron chi connectivity index (χ1n) is 3.36. The normalized spacial score (nSPS) is 24.2. The summed E-state index contributed by atoms with van der Waals surface area (Å²) in [4.78, 5) is 0.986. The zero-order valence-corrected chi connectivity index (χ0v) is 6.47. The van der Waals surface area contributed by atoms with Gasteiger partial charge in [-0.25, -0.2) is 0 Å². The molecule has 1 aliphatic heterocycles. The van der Waals surface area contributed by atoms with E-state index < -0.39 is 12.2 Å². The van der Waals surface area contributed by atoms with Crippen LogP contribution in [-0.4, -0.2) is 32.0 Å². The summed E-state index contributed by atoms with van der Waals surface area (Å²) < 4.78 is 36.6. The molecule has 0 aromatic carbocycles.